The van der Waals surface area contributed by atoms with Gasteiger partial charge in [-0.15, -0.1) is 0 Å². The third-order valence-electron chi connectivity index (χ3n) is 4.82. The molecule has 0 aromatic rings. The highest BCUT2D eigenvalue weighted by molar-refractivity contribution is 5.05. The van der Waals surface area contributed by atoms with Gasteiger partial charge in [-0.3, -0.25) is 0 Å². The van der Waals surface area contributed by atoms with Crippen LogP contribution in [0, 0.1) is 23.2 Å². The minimum Gasteiger partial charge on any atom is -0.357 e. The number of hydrogen-bond donors (Lipinski definition) is 0. The lowest BCUT2D eigenvalue weighted by Crippen LogP contribution is -2.39. The van der Waals surface area contributed by atoms with Crippen LogP contribution >= 0.6 is 0 Å². The Morgan fingerprint density at radius 1 is 1.00 bits per heavy atom. The Kier molecular flexibility index (Phi) is 4.67. The van der Waals surface area contributed by atoms with Crippen LogP contribution in [0.4, 0.5) is 0 Å². The van der Waals surface area contributed by atoms with E-state index in [0.29, 0.717) is 0 Å². The van der Waals surface area contributed by atoms with Gasteiger partial charge in [0.2, 0.25) is 0 Å². The highest BCUT2D eigenvalue weighted by Gasteiger charge is 2.39. The second-order valence-electron chi connectivity index (χ2n) is 6.51. The molecule has 0 amide bonds. The zero-order valence-electron chi connectivity index (χ0n) is 12.0. The van der Waals surface area contributed by atoms with Crippen molar-refractivity contribution in [1.82, 2.24) is 0 Å². The van der Waals surface area contributed by atoms with E-state index in [1.807, 2.05) is 13.8 Å². The maximum absolute atomic E-state index is 9.41. The van der Waals surface area contributed by atoms with Crippen LogP contribution in [0.2, 0.25) is 0 Å². The van der Waals surface area contributed by atoms with Gasteiger partial charge in [-0.25, -0.2) is 0 Å². The van der Waals surface area contributed by atoms with Gasteiger partial charge in [0.1, 0.15) is 0 Å². The Labute approximate surface area is 112 Å². The molecule has 18 heavy (non-hydrogen) atoms. The second kappa shape index (κ2) is 6.06. The average Bonchev–Trinajstić information content (AvgIpc) is 2.40. The molecule has 2 heteroatoms. The molecule has 0 unspecified atom stereocenters. The largest absolute Gasteiger partial charge is 0.357 e. The SMILES string of the molecule is CC(C)O[C@]1(C#N)CC[C@@H](C2CCCCC2)CC1. The minimum absolute atomic E-state index is 0.163. The second-order valence-corrected chi connectivity index (χ2v) is 6.51. The van der Waals surface area contributed by atoms with E-state index in [-0.39, 0.29) is 6.10 Å². The summed E-state index contributed by atoms with van der Waals surface area (Å²) in [5.41, 5.74) is -0.473. The molecule has 2 nitrogen and oxygen atoms in total. The van der Waals surface area contributed by atoms with Crippen LogP contribution in [0.15, 0.2) is 0 Å². The Morgan fingerprint density at radius 2 is 1.56 bits per heavy atom. The zero-order chi connectivity index (χ0) is 13.0. The average molecular weight is 249 g/mol. The Morgan fingerprint density at radius 3 is 2.06 bits per heavy atom. The summed E-state index contributed by atoms with van der Waals surface area (Å²) in [6.45, 7) is 4.07. The van der Waals surface area contributed by atoms with Crippen molar-refractivity contribution in [1.29, 1.82) is 5.26 Å². The fourth-order valence-electron chi connectivity index (χ4n) is 3.89. The van der Waals surface area contributed by atoms with Gasteiger partial charge < -0.3 is 4.74 Å². The van der Waals surface area contributed by atoms with E-state index in [9.17, 15) is 5.26 Å². The number of nitrogens with zero attached hydrogens (tertiary/aromatic N) is 1. The lowest BCUT2D eigenvalue weighted by molar-refractivity contribution is -0.0745. The van der Waals surface area contributed by atoms with E-state index in [1.165, 1.54) is 44.9 Å². The van der Waals surface area contributed by atoms with E-state index in [2.05, 4.69) is 6.07 Å². The molecule has 0 N–H and O–H groups in total. The van der Waals surface area contributed by atoms with Crippen LogP contribution < -0.4 is 0 Å². The van der Waals surface area contributed by atoms with Gasteiger partial charge in [-0.2, -0.15) is 5.26 Å². The van der Waals surface area contributed by atoms with Crippen molar-refractivity contribution >= 4 is 0 Å². The third-order valence-corrected chi connectivity index (χ3v) is 4.82. The van der Waals surface area contributed by atoms with E-state index in [1.54, 1.807) is 0 Å². The first-order valence-electron chi connectivity index (χ1n) is 7.74. The molecule has 0 aliphatic heterocycles. The first-order valence-corrected chi connectivity index (χ1v) is 7.74. The predicted octanol–water partition coefficient (Wildman–Crippen LogP) is 4.44. The van der Waals surface area contributed by atoms with Crippen molar-refractivity contribution in [2.45, 2.75) is 83.3 Å². The predicted molar refractivity (Wildman–Crippen MR) is 73.1 cm³/mol. The fraction of sp³-hybridized carbons (Fsp3) is 0.938. The maximum Gasteiger partial charge on any atom is 0.154 e. The smallest absolute Gasteiger partial charge is 0.154 e. The number of rotatable bonds is 3. The summed E-state index contributed by atoms with van der Waals surface area (Å²) in [7, 11) is 0. The van der Waals surface area contributed by atoms with Crippen LogP contribution in [0.25, 0.3) is 0 Å². The highest BCUT2D eigenvalue weighted by atomic mass is 16.5. The molecule has 0 aromatic carbocycles. The van der Waals surface area contributed by atoms with Crippen molar-refractivity contribution in [3.05, 3.63) is 0 Å². The van der Waals surface area contributed by atoms with Crippen molar-refractivity contribution in [3.63, 3.8) is 0 Å². The van der Waals surface area contributed by atoms with E-state index < -0.39 is 5.60 Å². The Hall–Kier alpha value is -0.550. The van der Waals surface area contributed by atoms with E-state index >= 15 is 0 Å². The topological polar surface area (TPSA) is 33.0 Å². The normalized spacial score (nSPS) is 34.4. The summed E-state index contributed by atoms with van der Waals surface area (Å²) in [5.74, 6) is 1.80. The lowest BCUT2D eigenvalue weighted by Gasteiger charge is -2.40. The maximum atomic E-state index is 9.41. The van der Waals surface area contributed by atoms with E-state index in [4.69, 9.17) is 4.74 Å². The van der Waals surface area contributed by atoms with Gasteiger partial charge in [0.05, 0.1) is 12.2 Å². The van der Waals surface area contributed by atoms with Crippen LogP contribution in [-0.2, 0) is 4.74 Å². The molecule has 2 fully saturated rings. The minimum atomic E-state index is -0.473. The zero-order valence-corrected chi connectivity index (χ0v) is 12.0. The van der Waals surface area contributed by atoms with Gasteiger partial charge in [0.25, 0.3) is 0 Å². The van der Waals surface area contributed by atoms with Crippen LogP contribution in [0.5, 0.6) is 0 Å². The Balaban J connectivity index is 1.88. The summed E-state index contributed by atoms with van der Waals surface area (Å²) in [6, 6.07) is 2.45. The number of ether oxygens (including phenoxy) is 1. The molecule has 102 valence electrons. The van der Waals surface area contributed by atoms with Crippen LogP contribution in [0.1, 0.15) is 71.6 Å². The highest BCUT2D eigenvalue weighted by Crippen LogP contribution is 2.42. The molecule has 0 aromatic heterocycles. The summed E-state index contributed by atoms with van der Waals surface area (Å²) in [5, 5.41) is 9.41. The molecule has 2 rings (SSSR count). The molecule has 0 spiro atoms. The van der Waals surface area contributed by atoms with Crippen molar-refractivity contribution in [2.75, 3.05) is 0 Å². The molecule has 0 radical (unpaired) electrons. The molecular weight excluding hydrogens is 222 g/mol. The molecule has 0 saturated heterocycles. The first-order chi connectivity index (χ1) is 8.65. The third kappa shape index (κ3) is 3.26. The lowest BCUT2D eigenvalue weighted by atomic mass is 9.70. The van der Waals surface area contributed by atoms with Gasteiger partial charge in [-0.05, 0) is 51.4 Å². The summed E-state index contributed by atoms with van der Waals surface area (Å²) in [4.78, 5) is 0. The monoisotopic (exact) mass is 249 g/mol. The summed E-state index contributed by atoms with van der Waals surface area (Å²) >= 11 is 0. The van der Waals surface area contributed by atoms with Crippen molar-refractivity contribution in [2.24, 2.45) is 11.8 Å². The van der Waals surface area contributed by atoms with Crippen molar-refractivity contribution in [3.8, 4) is 6.07 Å². The fourth-order valence-corrected chi connectivity index (χ4v) is 3.89. The quantitative estimate of drug-likeness (QED) is 0.740. The summed E-state index contributed by atoms with van der Waals surface area (Å²) in [6.07, 6.45) is 11.6. The molecule has 0 bridgehead atoms. The molecular formula is C16H27NO. The summed E-state index contributed by atoms with van der Waals surface area (Å²) < 4.78 is 5.90. The van der Waals surface area contributed by atoms with Gasteiger partial charge in [-0.1, -0.05) is 32.1 Å². The number of hydrogen-bond acceptors (Lipinski definition) is 2. The molecule has 2 aliphatic carbocycles. The van der Waals surface area contributed by atoms with Gasteiger partial charge >= 0.3 is 0 Å². The molecule has 0 atom stereocenters. The first kappa shape index (κ1) is 13.9. The number of nitriles is 1. The van der Waals surface area contributed by atoms with Crippen LogP contribution in [-0.4, -0.2) is 11.7 Å². The molecule has 2 saturated carbocycles. The van der Waals surface area contributed by atoms with Crippen LogP contribution in [0.3, 0.4) is 0 Å². The van der Waals surface area contributed by atoms with Gasteiger partial charge in [0.15, 0.2) is 5.60 Å². The standard InChI is InChI=1S/C16H27NO/c1-13(2)18-16(12-17)10-8-15(9-11-16)14-6-4-3-5-7-14/h13-15H,3-11H2,1-2H3/t15-,16-. The van der Waals surface area contributed by atoms with Crippen molar-refractivity contribution < 1.29 is 4.74 Å². The van der Waals surface area contributed by atoms with Gasteiger partial charge in [0, 0.05) is 0 Å². The molecule has 2 aliphatic rings. The Bertz CT molecular complexity index is 291. The molecule has 0 heterocycles. The van der Waals surface area contributed by atoms with E-state index in [0.717, 1.165) is 24.7 Å².